The maximum absolute atomic E-state index is 13.4. The van der Waals surface area contributed by atoms with E-state index in [0.717, 1.165) is 49.0 Å². The highest BCUT2D eigenvalue weighted by molar-refractivity contribution is 5.81. The highest BCUT2D eigenvalue weighted by Gasteiger charge is 2.47. The Balaban J connectivity index is 1.49. The van der Waals surface area contributed by atoms with Gasteiger partial charge in [-0.05, 0) is 61.2 Å². The van der Waals surface area contributed by atoms with Crippen LogP contribution in [-0.4, -0.2) is 35.1 Å². The van der Waals surface area contributed by atoms with Crippen LogP contribution in [0.1, 0.15) is 48.4 Å². The fraction of sp³-hybridized carbons (Fsp3) is 0.400. The summed E-state index contributed by atoms with van der Waals surface area (Å²) < 4.78 is 13.4. The van der Waals surface area contributed by atoms with E-state index in [1.165, 1.54) is 12.1 Å². The van der Waals surface area contributed by atoms with Crippen molar-refractivity contribution in [2.75, 3.05) is 18.5 Å². The summed E-state index contributed by atoms with van der Waals surface area (Å²) in [6.45, 7) is 0.786. The molecule has 5 rings (SSSR count). The lowest BCUT2D eigenvalue weighted by Crippen LogP contribution is -2.45. The van der Waals surface area contributed by atoms with Gasteiger partial charge in [0.15, 0.2) is 0 Å². The molecule has 2 heterocycles. The number of anilines is 1. The zero-order valence-corrected chi connectivity index (χ0v) is 16.8. The molecule has 1 saturated carbocycles. The quantitative estimate of drug-likeness (QED) is 0.751. The third kappa shape index (κ3) is 3.36. The van der Waals surface area contributed by atoms with E-state index in [9.17, 15) is 14.3 Å². The van der Waals surface area contributed by atoms with Crippen LogP contribution >= 0.6 is 0 Å². The predicted octanol–water partition coefficient (Wildman–Crippen LogP) is 3.70. The third-order valence-electron chi connectivity index (χ3n) is 6.78. The number of nitrogens with one attached hydrogen (secondary N) is 1. The number of amides is 1. The minimum Gasteiger partial charge on any atom is -0.394 e. The van der Waals surface area contributed by atoms with Gasteiger partial charge in [0.1, 0.15) is 5.82 Å². The Hall–Kier alpha value is -2.84. The van der Waals surface area contributed by atoms with Crippen LogP contribution in [0, 0.1) is 29.5 Å². The van der Waals surface area contributed by atoms with E-state index < -0.39 is 0 Å². The molecule has 1 saturated heterocycles. The average molecular weight is 404 g/mol. The molecule has 4 nitrogen and oxygen atoms in total. The van der Waals surface area contributed by atoms with Crippen LogP contribution in [0.2, 0.25) is 0 Å². The monoisotopic (exact) mass is 404 g/mol. The minimum absolute atomic E-state index is 0.0255. The van der Waals surface area contributed by atoms with E-state index in [1.807, 2.05) is 23.1 Å². The lowest BCUT2D eigenvalue weighted by molar-refractivity contribution is -0.139. The molecule has 2 aromatic rings. The largest absolute Gasteiger partial charge is 0.394 e. The van der Waals surface area contributed by atoms with Gasteiger partial charge < -0.3 is 15.3 Å². The summed E-state index contributed by atoms with van der Waals surface area (Å²) in [5.41, 5.74) is 3.50. The van der Waals surface area contributed by atoms with Crippen molar-refractivity contribution in [1.29, 1.82) is 0 Å². The predicted molar refractivity (Wildman–Crippen MR) is 113 cm³/mol. The smallest absolute Gasteiger partial charge is 0.226 e. The Morgan fingerprint density at radius 1 is 1.13 bits per heavy atom. The van der Waals surface area contributed by atoms with E-state index in [1.54, 1.807) is 12.1 Å². The first-order valence-corrected chi connectivity index (χ1v) is 10.7. The molecule has 5 heteroatoms. The minimum atomic E-state index is -0.301. The van der Waals surface area contributed by atoms with Crippen molar-refractivity contribution in [3.8, 4) is 11.8 Å². The molecule has 2 fully saturated rings. The molecule has 3 aliphatic rings. The molecule has 0 radical (unpaired) electrons. The Morgan fingerprint density at radius 2 is 1.93 bits per heavy atom. The van der Waals surface area contributed by atoms with Crippen LogP contribution in [0.15, 0.2) is 42.5 Å². The molecule has 0 bridgehead atoms. The van der Waals surface area contributed by atoms with E-state index >= 15 is 0 Å². The second-order valence-corrected chi connectivity index (χ2v) is 8.55. The lowest BCUT2D eigenvalue weighted by atomic mass is 9.81. The molecule has 0 unspecified atom stereocenters. The number of carbonyl (C=O) groups is 1. The molecule has 30 heavy (non-hydrogen) atoms. The molecule has 0 spiro atoms. The Morgan fingerprint density at radius 3 is 2.63 bits per heavy atom. The van der Waals surface area contributed by atoms with Crippen molar-refractivity contribution >= 4 is 11.6 Å². The molecule has 154 valence electrons. The van der Waals surface area contributed by atoms with Crippen molar-refractivity contribution in [2.24, 2.45) is 11.8 Å². The zero-order chi connectivity index (χ0) is 20.7. The summed E-state index contributed by atoms with van der Waals surface area (Å²) in [4.78, 5) is 15.1. The van der Waals surface area contributed by atoms with Crippen molar-refractivity contribution < 1.29 is 14.3 Å². The number of halogens is 1. The van der Waals surface area contributed by atoms with Gasteiger partial charge in [0, 0.05) is 35.2 Å². The van der Waals surface area contributed by atoms with Crippen molar-refractivity contribution in [1.82, 2.24) is 4.90 Å². The van der Waals surface area contributed by atoms with E-state index in [-0.39, 0.29) is 42.3 Å². The van der Waals surface area contributed by atoms with Gasteiger partial charge in [0.25, 0.3) is 0 Å². The van der Waals surface area contributed by atoms with Crippen molar-refractivity contribution in [3.63, 3.8) is 0 Å². The number of likely N-dealkylation sites (tertiary alicyclic amines) is 1. The first-order chi connectivity index (χ1) is 14.6. The highest BCUT2D eigenvalue weighted by atomic mass is 19.1. The summed E-state index contributed by atoms with van der Waals surface area (Å²) in [6, 6.07) is 12.1. The van der Waals surface area contributed by atoms with Crippen molar-refractivity contribution in [3.05, 3.63) is 65.0 Å². The molecule has 2 aliphatic heterocycles. The van der Waals surface area contributed by atoms with Gasteiger partial charge in [0.2, 0.25) is 5.91 Å². The summed E-state index contributed by atoms with van der Waals surface area (Å²) in [5, 5.41) is 13.4. The number of hydrogen-bond acceptors (Lipinski definition) is 3. The first-order valence-electron chi connectivity index (χ1n) is 10.7. The van der Waals surface area contributed by atoms with Gasteiger partial charge in [-0.3, -0.25) is 4.79 Å². The second-order valence-electron chi connectivity index (χ2n) is 8.55. The Labute approximate surface area is 176 Å². The normalized spacial score (nSPS) is 24.7. The maximum Gasteiger partial charge on any atom is 0.226 e. The summed E-state index contributed by atoms with van der Waals surface area (Å²) in [6.07, 6.45) is 4.00. The van der Waals surface area contributed by atoms with Crippen molar-refractivity contribution in [2.45, 2.75) is 37.8 Å². The van der Waals surface area contributed by atoms with E-state index in [0.29, 0.717) is 5.56 Å². The molecular weight excluding hydrogens is 379 g/mol. The standard InChI is InChI=1S/C25H25FN2O2/c26-19-6-1-3-16(13-19)7-8-17-9-10-22-21(14-17)24-20(23(15-29)27-22)11-12-28(24)25(30)18-4-2-5-18/h1,3,6,9-10,13-14,18,20,23-24,27,29H,2,4-5,11-12,15H2/t20-,23+,24-/m0/s1. The van der Waals surface area contributed by atoms with Crippen LogP contribution in [0.4, 0.5) is 10.1 Å². The number of aliphatic hydroxyl groups is 1. The molecule has 0 aromatic heterocycles. The lowest BCUT2D eigenvalue weighted by Gasteiger charge is -2.41. The average Bonchev–Trinajstić information content (AvgIpc) is 3.16. The van der Waals surface area contributed by atoms with Gasteiger partial charge in [0.05, 0.1) is 18.7 Å². The number of carbonyl (C=O) groups excluding carboxylic acids is 1. The molecular formula is C25H25FN2O2. The Kier molecular flexibility index (Phi) is 4.96. The Bertz CT molecular complexity index is 1040. The first kappa shape index (κ1) is 19.1. The van der Waals surface area contributed by atoms with E-state index in [4.69, 9.17) is 0 Å². The number of fused-ring (bicyclic) bond motifs is 3. The van der Waals surface area contributed by atoms with Gasteiger partial charge in [-0.1, -0.05) is 24.3 Å². The third-order valence-corrected chi connectivity index (χ3v) is 6.78. The van der Waals surface area contributed by atoms with Gasteiger partial charge in [-0.15, -0.1) is 0 Å². The van der Waals surface area contributed by atoms with Gasteiger partial charge in [-0.25, -0.2) is 4.39 Å². The fourth-order valence-corrected chi connectivity index (χ4v) is 4.99. The maximum atomic E-state index is 13.4. The topological polar surface area (TPSA) is 52.6 Å². The van der Waals surface area contributed by atoms with Crippen LogP contribution < -0.4 is 5.32 Å². The summed E-state index contributed by atoms with van der Waals surface area (Å²) in [5.74, 6) is 6.47. The van der Waals surface area contributed by atoms with Gasteiger partial charge >= 0.3 is 0 Å². The summed E-state index contributed by atoms with van der Waals surface area (Å²) >= 11 is 0. The molecule has 1 amide bonds. The zero-order valence-electron chi connectivity index (χ0n) is 16.8. The summed E-state index contributed by atoms with van der Waals surface area (Å²) in [7, 11) is 0. The fourth-order valence-electron chi connectivity index (χ4n) is 4.99. The number of aliphatic hydroxyl groups excluding tert-OH is 1. The van der Waals surface area contributed by atoms with E-state index in [2.05, 4.69) is 17.2 Å². The number of nitrogens with zero attached hydrogens (tertiary/aromatic N) is 1. The van der Waals surface area contributed by atoms with Crippen LogP contribution in [0.5, 0.6) is 0 Å². The number of rotatable bonds is 2. The van der Waals surface area contributed by atoms with Crippen LogP contribution in [-0.2, 0) is 4.79 Å². The number of hydrogen-bond donors (Lipinski definition) is 2. The van der Waals surface area contributed by atoms with Gasteiger partial charge in [-0.2, -0.15) is 0 Å². The molecule has 3 atom stereocenters. The number of benzene rings is 2. The van der Waals surface area contributed by atoms with Crippen LogP contribution in [0.3, 0.4) is 0 Å². The SMILES string of the molecule is O=C(C1CCC1)N1CC[C@@H]2[C@H]1c1cc(C#Cc3cccc(F)c3)ccc1N[C@@H]2CO. The van der Waals surface area contributed by atoms with Crippen LogP contribution in [0.25, 0.3) is 0 Å². The molecule has 2 N–H and O–H groups in total. The molecule has 1 aliphatic carbocycles. The molecule has 2 aromatic carbocycles. The highest BCUT2D eigenvalue weighted by Crippen LogP contribution is 2.48. The second kappa shape index (κ2) is 7.77.